The third-order valence-electron chi connectivity index (χ3n) is 11.2. The molecule has 3 nitrogen and oxygen atoms in total. The Balaban J connectivity index is 1.16. The van der Waals surface area contributed by atoms with Gasteiger partial charge in [-0.25, -0.2) is 0 Å². The molecule has 3 atom stereocenters. The minimum atomic E-state index is -0.346. The number of phenols is 1. The molecule has 0 amide bonds. The number of nitrogens with zero attached hydrogens (tertiary/aromatic N) is 1. The maximum atomic E-state index is 11.8. The first-order chi connectivity index (χ1) is 24.9. The molecule has 3 heteroatoms. The quantitative estimate of drug-likeness (QED) is 0.181. The van der Waals surface area contributed by atoms with Gasteiger partial charge >= 0.3 is 0 Å². The van der Waals surface area contributed by atoms with Crippen molar-refractivity contribution in [3.8, 4) is 28.0 Å². The van der Waals surface area contributed by atoms with Crippen molar-refractivity contribution in [2.45, 2.75) is 31.7 Å². The van der Waals surface area contributed by atoms with Gasteiger partial charge in [-0.05, 0) is 105 Å². The van der Waals surface area contributed by atoms with Gasteiger partial charge in [-0.1, -0.05) is 134 Å². The summed E-state index contributed by atoms with van der Waals surface area (Å²) in [6.45, 7) is 4.56. The van der Waals surface area contributed by atoms with E-state index < -0.39 is 0 Å². The number of allylic oxidation sites excluding steroid dienone is 6. The molecule has 0 spiro atoms. The number of hydrogen-bond donors (Lipinski definition) is 2. The second kappa shape index (κ2) is 12.1. The molecule has 6 aromatic rings. The molecule has 3 aliphatic rings. The number of para-hydroxylation sites is 1. The largest absolute Gasteiger partial charge is 0.507 e. The number of anilines is 3. The first-order valence-electron chi connectivity index (χ1n) is 17.9. The second-order valence-corrected chi connectivity index (χ2v) is 14.4. The zero-order chi connectivity index (χ0) is 34.7. The third kappa shape index (κ3) is 5.20. The van der Waals surface area contributed by atoms with Gasteiger partial charge in [0.2, 0.25) is 0 Å². The van der Waals surface area contributed by atoms with Gasteiger partial charge in [0.05, 0.1) is 5.54 Å². The fraction of sp³-hybridized carbons (Fsp3) is 0.125. The van der Waals surface area contributed by atoms with Gasteiger partial charge in [0.15, 0.2) is 0 Å². The van der Waals surface area contributed by atoms with Crippen LogP contribution in [-0.4, -0.2) is 10.6 Å². The van der Waals surface area contributed by atoms with Gasteiger partial charge in [-0.2, -0.15) is 0 Å². The number of rotatable bonds is 5. The Morgan fingerprint density at radius 2 is 1.45 bits per heavy atom. The summed E-state index contributed by atoms with van der Waals surface area (Å²) in [5.74, 6) is 0.796. The van der Waals surface area contributed by atoms with Gasteiger partial charge in [0, 0.05) is 34.1 Å². The van der Waals surface area contributed by atoms with Crippen molar-refractivity contribution in [2.24, 2.45) is 5.92 Å². The molecule has 1 aliphatic heterocycles. The van der Waals surface area contributed by atoms with Crippen molar-refractivity contribution in [1.82, 2.24) is 0 Å². The lowest BCUT2D eigenvalue weighted by Crippen LogP contribution is -2.42. The van der Waals surface area contributed by atoms with Crippen LogP contribution < -0.4 is 10.6 Å². The van der Waals surface area contributed by atoms with Crippen LogP contribution in [-0.2, 0) is 0 Å². The van der Waals surface area contributed by atoms with Crippen LogP contribution in [0.4, 0.5) is 17.1 Å². The van der Waals surface area contributed by atoms with Crippen molar-refractivity contribution < 1.29 is 5.11 Å². The number of hydrogen-bond acceptors (Lipinski definition) is 3. The summed E-state index contributed by atoms with van der Waals surface area (Å²) < 4.78 is 0. The van der Waals surface area contributed by atoms with Crippen molar-refractivity contribution in [3.05, 3.63) is 181 Å². The number of nitrogens with two attached hydrogens (primary N) is 1. The molecule has 0 bridgehead atoms. The number of nitrogen functional groups attached to an aromatic ring is 1. The topological polar surface area (TPSA) is 49.5 Å². The number of fused-ring (bicyclic) bond motifs is 4. The van der Waals surface area contributed by atoms with E-state index in [9.17, 15) is 5.11 Å². The molecule has 9 rings (SSSR count). The lowest BCUT2D eigenvalue weighted by atomic mass is 9.77. The normalized spacial score (nSPS) is 20.5. The van der Waals surface area contributed by atoms with Gasteiger partial charge in [0.25, 0.3) is 0 Å². The molecule has 0 fully saturated rings. The first kappa shape index (κ1) is 31.0. The Kier molecular flexibility index (Phi) is 7.32. The molecule has 0 saturated carbocycles. The molecular formula is C48H40N2O. The van der Waals surface area contributed by atoms with E-state index in [-0.39, 0.29) is 11.5 Å². The predicted octanol–water partition coefficient (Wildman–Crippen LogP) is 12.1. The summed E-state index contributed by atoms with van der Waals surface area (Å²) in [6, 6.07) is 45.2. The van der Waals surface area contributed by atoms with Crippen molar-refractivity contribution >= 4 is 39.0 Å². The summed E-state index contributed by atoms with van der Waals surface area (Å²) in [5, 5.41) is 14.3. The molecule has 248 valence electrons. The second-order valence-electron chi connectivity index (χ2n) is 14.4. The van der Waals surface area contributed by atoms with E-state index in [2.05, 4.69) is 158 Å². The van der Waals surface area contributed by atoms with E-state index in [1.807, 2.05) is 24.3 Å². The molecule has 0 saturated heterocycles. The van der Waals surface area contributed by atoms with Crippen molar-refractivity contribution in [1.29, 1.82) is 0 Å². The number of aromatic hydroxyl groups is 1. The Bertz CT molecular complexity index is 2450. The molecule has 3 N–H and O–H groups in total. The van der Waals surface area contributed by atoms with Gasteiger partial charge in [-0.15, -0.1) is 0 Å². The van der Waals surface area contributed by atoms with Gasteiger partial charge in [0.1, 0.15) is 5.75 Å². The average Bonchev–Trinajstić information content (AvgIpc) is 3.42. The Hall–Kier alpha value is -6.06. The van der Waals surface area contributed by atoms with Crippen molar-refractivity contribution in [2.75, 3.05) is 10.6 Å². The van der Waals surface area contributed by atoms with E-state index in [1.165, 1.54) is 38.6 Å². The van der Waals surface area contributed by atoms with E-state index in [1.54, 1.807) is 0 Å². The molecule has 0 radical (unpaired) electrons. The standard InChI is InChI=1S/C48H40N2O/c1-31-8-3-6-11-41(31)43-13-7-12-42(47(43)51)38-20-25-44-45-29-37(33-16-21-39(49)22-17-33)26-27-48(45,2)50(46(44)30-38)40-23-18-34(19-24-40)36-15-14-32-9-4-5-10-35(32)28-36/h3-7,9-31,45,51H,8,49H2,1-2H3. The van der Waals surface area contributed by atoms with Gasteiger partial charge in [-0.3, -0.25) is 0 Å². The molecule has 6 aromatic carbocycles. The highest BCUT2D eigenvalue weighted by molar-refractivity contribution is 5.90. The zero-order valence-electron chi connectivity index (χ0n) is 28.9. The van der Waals surface area contributed by atoms with Crippen LogP contribution >= 0.6 is 0 Å². The van der Waals surface area contributed by atoms with Crippen LogP contribution in [0.1, 0.15) is 42.9 Å². The fourth-order valence-electron chi connectivity index (χ4n) is 8.38. The lowest BCUT2D eigenvalue weighted by Gasteiger charge is -2.40. The number of benzene rings is 6. The highest BCUT2D eigenvalue weighted by Gasteiger charge is 2.48. The minimum Gasteiger partial charge on any atom is -0.507 e. The van der Waals surface area contributed by atoms with E-state index in [0.717, 1.165) is 45.7 Å². The average molecular weight is 661 g/mol. The van der Waals surface area contributed by atoms with E-state index in [0.29, 0.717) is 11.7 Å². The van der Waals surface area contributed by atoms with Crippen LogP contribution in [0.2, 0.25) is 0 Å². The highest BCUT2D eigenvalue weighted by Crippen LogP contribution is 2.56. The van der Waals surface area contributed by atoms with Crippen LogP contribution in [0.25, 0.3) is 44.2 Å². The highest BCUT2D eigenvalue weighted by atomic mass is 16.3. The van der Waals surface area contributed by atoms with Gasteiger partial charge < -0.3 is 15.7 Å². The van der Waals surface area contributed by atoms with Crippen molar-refractivity contribution in [3.63, 3.8) is 0 Å². The van der Waals surface area contributed by atoms with E-state index >= 15 is 0 Å². The Morgan fingerprint density at radius 3 is 2.25 bits per heavy atom. The summed E-state index contributed by atoms with van der Waals surface area (Å²) in [5.41, 5.74) is 18.7. The summed E-state index contributed by atoms with van der Waals surface area (Å²) >= 11 is 0. The smallest absolute Gasteiger partial charge is 0.130 e. The van der Waals surface area contributed by atoms with Crippen LogP contribution in [0.15, 0.2) is 164 Å². The molecule has 3 unspecified atom stereocenters. The maximum absolute atomic E-state index is 11.8. The summed E-state index contributed by atoms with van der Waals surface area (Å²) in [4.78, 5) is 2.49. The van der Waals surface area contributed by atoms with Crippen LogP contribution in [0.5, 0.6) is 5.75 Å². The predicted molar refractivity (Wildman–Crippen MR) is 215 cm³/mol. The van der Waals surface area contributed by atoms with E-state index in [4.69, 9.17) is 5.73 Å². The SMILES string of the molecule is CC1CC=CC=C1c1cccc(-c2ccc3c(c2)N(c2ccc(-c4ccc5ccccc5c4)cc2)C2(C)C=CC(c4ccc(N)cc4)=CC32)c1O. The maximum Gasteiger partial charge on any atom is 0.130 e. The molecule has 2 aliphatic carbocycles. The fourth-order valence-corrected chi connectivity index (χ4v) is 8.38. The Labute approximate surface area is 300 Å². The molecule has 0 aromatic heterocycles. The molecular weight excluding hydrogens is 621 g/mol. The van der Waals surface area contributed by atoms with Crippen LogP contribution in [0, 0.1) is 5.92 Å². The monoisotopic (exact) mass is 660 g/mol. The summed E-state index contributed by atoms with van der Waals surface area (Å²) in [6.07, 6.45) is 14.4. The van der Waals surface area contributed by atoms with Crippen LogP contribution in [0.3, 0.4) is 0 Å². The molecule has 1 heterocycles. The molecule has 51 heavy (non-hydrogen) atoms. The minimum absolute atomic E-state index is 0.110. The Morgan fingerprint density at radius 1 is 0.725 bits per heavy atom. The summed E-state index contributed by atoms with van der Waals surface area (Å²) in [7, 11) is 0. The first-order valence-corrected chi connectivity index (χ1v) is 17.9. The third-order valence-corrected chi connectivity index (χ3v) is 11.2. The number of phenolic OH excluding ortho intramolecular Hbond substituents is 1. The zero-order valence-corrected chi connectivity index (χ0v) is 28.9. The lowest BCUT2D eigenvalue weighted by molar-refractivity contribution is 0.474.